The molecule has 7 heteroatoms. The first kappa shape index (κ1) is 15.2. The summed E-state index contributed by atoms with van der Waals surface area (Å²) < 4.78 is 1.44. The van der Waals surface area contributed by atoms with E-state index in [1.807, 2.05) is 6.07 Å². The fourth-order valence-electron chi connectivity index (χ4n) is 3.96. The molecule has 132 valence electrons. The Balaban J connectivity index is 1.38. The molecule has 2 aliphatic rings. The average molecular weight is 349 g/mol. The lowest BCUT2D eigenvalue weighted by Gasteiger charge is -2.27. The van der Waals surface area contributed by atoms with Crippen LogP contribution in [0.4, 0.5) is 10.5 Å². The summed E-state index contributed by atoms with van der Waals surface area (Å²) in [5, 5.41) is 5.86. The first-order valence-corrected chi connectivity index (χ1v) is 8.95. The fourth-order valence-corrected chi connectivity index (χ4v) is 3.96. The van der Waals surface area contributed by atoms with E-state index in [-0.39, 0.29) is 11.6 Å². The quantitative estimate of drug-likeness (QED) is 0.706. The summed E-state index contributed by atoms with van der Waals surface area (Å²) in [4.78, 5) is 31.4. The van der Waals surface area contributed by atoms with Gasteiger partial charge in [-0.2, -0.15) is 0 Å². The molecule has 0 unspecified atom stereocenters. The summed E-state index contributed by atoms with van der Waals surface area (Å²) >= 11 is 0. The Morgan fingerprint density at radius 1 is 1.15 bits per heavy atom. The molecular weight excluding hydrogens is 330 g/mol. The Labute approximate surface area is 149 Å². The summed E-state index contributed by atoms with van der Waals surface area (Å²) in [6.45, 7) is 0.858. The molecule has 3 aromatic rings. The topological polar surface area (TPSA) is 82.5 Å². The van der Waals surface area contributed by atoms with Crippen LogP contribution >= 0.6 is 0 Å². The maximum atomic E-state index is 12.7. The normalized spacial score (nSPS) is 15.8. The van der Waals surface area contributed by atoms with Crippen LogP contribution in [0.3, 0.4) is 0 Å². The molecule has 26 heavy (non-hydrogen) atoms. The predicted molar refractivity (Wildman–Crippen MR) is 97.4 cm³/mol. The number of carbonyl (C=O) groups excluding carboxylic acids is 1. The Bertz CT molecular complexity index is 1080. The van der Waals surface area contributed by atoms with Crippen molar-refractivity contribution in [2.24, 2.45) is 0 Å². The van der Waals surface area contributed by atoms with Gasteiger partial charge in [0.1, 0.15) is 0 Å². The second-order valence-corrected chi connectivity index (χ2v) is 6.94. The van der Waals surface area contributed by atoms with Crippen LogP contribution in [0, 0.1) is 0 Å². The number of rotatable bonds is 1. The van der Waals surface area contributed by atoms with Crippen LogP contribution in [-0.4, -0.2) is 32.1 Å². The number of aromatic nitrogens is 3. The number of amides is 2. The van der Waals surface area contributed by atoms with Crippen LogP contribution in [0.2, 0.25) is 0 Å². The number of benzene rings is 1. The third-order valence-corrected chi connectivity index (χ3v) is 5.33. The first-order valence-electron chi connectivity index (χ1n) is 8.95. The molecule has 0 radical (unpaired) electrons. The summed E-state index contributed by atoms with van der Waals surface area (Å²) in [5.74, 6) is 0. The Hall–Kier alpha value is -3.09. The summed E-state index contributed by atoms with van der Waals surface area (Å²) in [7, 11) is 0. The van der Waals surface area contributed by atoms with Gasteiger partial charge in [0.15, 0.2) is 5.65 Å². The highest BCUT2D eigenvalue weighted by molar-refractivity contribution is 5.89. The minimum atomic E-state index is -0.148. The second kappa shape index (κ2) is 5.72. The van der Waals surface area contributed by atoms with E-state index in [0.717, 1.165) is 18.5 Å². The first-order chi connectivity index (χ1) is 12.7. The third kappa shape index (κ3) is 2.39. The second-order valence-electron chi connectivity index (χ2n) is 6.94. The van der Waals surface area contributed by atoms with E-state index in [9.17, 15) is 9.59 Å². The van der Waals surface area contributed by atoms with Gasteiger partial charge in [0, 0.05) is 30.1 Å². The fraction of sp³-hybridized carbons (Fsp3) is 0.316. The van der Waals surface area contributed by atoms with Crippen molar-refractivity contribution in [2.45, 2.75) is 32.2 Å². The molecular formula is C19H19N5O2. The lowest BCUT2D eigenvalue weighted by Crippen LogP contribution is -2.41. The van der Waals surface area contributed by atoms with Crippen LogP contribution in [0.5, 0.6) is 0 Å². The molecule has 3 heterocycles. The molecule has 0 saturated heterocycles. The maximum absolute atomic E-state index is 12.7. The van der Waals surface area contributed by atoms with Gasteiger partial charge in [-0.15, -0.1) is 0 Å². The van der Waals surface area contributed by atoms with Gasteiger partial charge in [0.05, 0.1) is 12.2 Å². The minimum Gasteiger partial charge on any atom is -0.318 e. The zero-order chi connectivity index (χ0) is 17.7. The number of nitrogens with one attached hydrogen (secondary N) is 2. The summed E-state index contributed by atoms with van der Waals surface area (Å²) in [6.07, 6.45) is 5.59. The van der Waals surface area contributed by atoms with Crippen molar-refractivity contribution in [3.63, 3.8) is 0 Å². The zero-order valence-corrected chi connectivity index (χ0v) is 14.3. The molecule has 7 nitrogen and oxygen atoms in total. The van der Waals surface area contributed by atoms with E-state index in [1.165, 1.54) is 22.1 Å². The number of carbonyl (C=O) groups is 1. The van der Waals surface area contributed by atoms with Crippen molar-refractivity contribution in [2.75, 3.05) is 11.9 Å². The van der Waals surface area contributed by atoms with Gasteiger partial charge in [-0.1, -0.05) is 6.07 Å². The number of urea groups is 1. The molecule has 0 spiro atoms. The van der Waals surface area contributed by atoms with Crippen LogP contribution < -0.4 is 10.9 Å². The SMILES string of the molecule is O=C(Nc1ccc2c(c1)CCC2)N1CCc2c(nc3cc[nH]n3c2=O)C1. The maximum Gasteiger partial charge on any atom is 0.322 e. The van der Waals surface area contributed by atoms with Gasteiger partial charge in [-0.3, -0.25) is 9.89 Å². The lowest BCUT2D eigenvalue weighted by atomic mass is 10.1. The number of anilines is 1. The number of hydrogen-bond acceptors (Lipinski definition) is 3. The molecule has 0 saturated carbocycles. The van der Waals surface area contributed by atoms with Crippen LogP contribution in [0.15, 0.2) is 35.3 Å². The third-order valence-electron chi connectivity index (χ3n) is 5.33. The molecule has 2 aromatic heterocycles. The van der Waals surface area contributed by atoms with Crippen molar-refractivity contribution < 1.29 is 4.79 Å². The van der Waals surface area contributed by atoms with E-state index in [0.29, 0.717) is 36.4 Å². The van der Waals surface area contributed by atoms with Gasteiger partial charge in [0.25, 0.3) is 5.56 Å². The minimum absolute atomic E-state index is 0.0753. The van der Waals surface area contributed by atoms with Gasteiger partial charge in [-0.25, -0.2) is 14.3 Å². The number of fused-ring (bicyclic) bond motifs is 3. The molecule has 1 aliphatic heterocycles. The highest BCUT2D eigenvalue weighted by atomic mass is 16.2. The van der Waals surface area contributed by atoms with Crippen molar-refractivity contribution in [1.29, 1.82) is 0 Å². The van der Waals surface area contributed by atoms with Gasteiger partial charge in [0.2, 0.25) is 0 Å². The number of H-pyrrole nitrogens is 1. The van der Waals surface area contributed by atoms with E-state index >= 15 is 0 Å². The zero-order valence-electron chi connectivity index (χ0n) is 14.3. The number of aromatic amines is 1. The molecule has 0 bridgehead atoms. The number of hydrogen-bond donors (Lipinski definition) is 2. The predicted octanol–water partition coefficient (Wildman–Crippen LogP) is 2.10. The van der Waals surface area contributed by atoms with E-state index in [2.05, 4.69) is 27.5 Å². The van der Waals surface area contributed by atoms with Crippen LogP contribution in [0.25, 0.3) is 5.65 Å². The molecule has 2 amide bonds. The summed E-state index contributed by atoms with van der Waals surface area (Å²) in [5.41, 5.74) is 5.42. The Morgan fingerprint density at radius 2 is 2.04 bits per heavy atom. The van der Waals surface area contributed by atoms with E-state index < -0.39 is 0 Å². The molecule has 2 N–H and O–H groups in total. The van der Waals surface area contributed by atoms with Crippen molar-refractivity contribution >= 4 is 17.4 Å². The van der Waals surface area contributed by atoms with Gasteiger partial charge >= 0.3 is 6.03 Å². The van der Waals surface area contributed by atoms with Crippen molar-refractivity contribution in [1.82, 2.24) is 19.5 Å². The van der Waals surface area contributed by atoms with Crippen LogP contribution in [0.1, 0.15) is 28.8 Å². The highest BCUT2D eigenvalue weighted by Crippen LogP contribution is 2.25. The number of aryl methyl sites for hydroxylation is 2. The smallest absolute Gasteiger partial charge is 0.318 e. The summed E-state index contributed by atoms with van der Waals surface area (Å²) in [6, 6.07) is 7.75. The van der Waals surface area contributed by atoms with Gasteiger partial charge < -0.3 is 10.2 Å². The number of nitrogens with zero attached hydrogens (tertiary/aromatic N) is 3. The molecule has 1 aromatic carbocycles. The van der Waals surface area contributed by atoms with E-state index in [1.54, 1.807) is 17.2 Å². The Kier molecular flexibility index (Phi) is 3.34. The largest absolute Gasteiger partial charge is 0.322 e. The van der Waals surface area contributed by atoms with Crippen molar-refractivity contribution in [3.8, 4) is 0 Å². The molecule has 0 fully saturated rings. The standard InChI is InChI=1S/C19H19N5O2/c25-18-15-7-9-23(11-16(15)22-17-6-8-20-24(17)18)19(26)21-14-5-4-12-2-1-3-13(12)10-14/h4-6,8,10,20H,1-3,7,9,11H2,(H,21,26). The molecule has 1 aliphatic carbocycles. The van der Waals surface area contributed by atoms with Gasteiger partial charge in [-0.05, 0) is 48.9 Å². The highest BCUT2D eigenvalue weighted by Gasteiger charge is 2.25. The van der Waals surface area contributed by atoms with Crippen molar-refractivity contribution in [3.05, 3.63) is 63.2 Å². The Morgan fingerprint density at radius 3 is 2.96 bits per heavy atom. The molecule has 5 rings (SSSR count). The monoisotopic (exact) mass is 349 g/mol. The van der Waals surface area contributed by atoms with Crippen LogP contribution in [-0.2, 0) is 25.8 Å². The lowest BCUT2D eigenvalue weighted by molar-refractivity contribution is 0.205. The molecule has 0 atom stereocenters. The average Bonchev–Trinajstić information content (AvgIpc) is 3.30. The van der Waals surface area contributed by atoms with E-state index in [4.69, 9.17) is 0 Å².